The van der Waals surface area contributed by atoms with Crippen LogP contribution < -0.4 is 4.74 Å². The number of rotatable bonds is 3. The van der Waals surface area contributed by atoms with Crippen LogP contribution in [0.2, 0.25) is 0 Å². The number of hydrogen-bond acceptors (Lipinski definition) is 4. The third-order valence-electron chi connectivity index (χ3n) is 2.25. The Bertz CT molecular complexity index is 607. The highest BCUT2D eigenvalue weighted by molar-refractivity contribution is 6.04. The summed E-state index contributed by atoms with van der Waals surface area (Å²) in [5.41, 5.74) is 0.0153. The highest BCUT2D eigenvalue weighted by Gasteiger charge is 2.33. The van der Waals surface area contributed by atoms with Crippen molar-refractivity contribution in [2.24, 2.45) is 0 Å². The number of fused-ring (bicyclic) bond motifs is 1. The number of nitrogens with zero attached hydrogens (tertiary/aromatic N) is 1. The van der Waals surface area contributed by atoms with Crippen LogP contribution in [0.15, 0.2) is 18.2 Å². The van der Waals surface area contributed by atoms with Crippen molar-refractivity contribution in [3.05, 3.63) is 23.9 Å². The number of benzene rings is 1. The van der Waals surface area contributed by atoms with Crippen LogP contribution in [0.4, 0.5) is 13.2 Å². The van der Waals surface area contributed by atoms with E-state index in [-0.39, 0.29) is 23.2 Å². The number of halogens is 3. The van der Waals surface area contributed by atoms with E-state index in [0.29, 0.717) is 0 Å². The predicted octanol–water partition coefficient (Wildman–Crippen LogP) is 2.64. The topological polar surface area (TPSA) is 64.2 Å². The summed E-state index contributed by atoms with van der Waals surface area (Å²) >= 11 is 0. The van der Waals surface area contributed by atoms with E-state index in [1.54, 1.807) is 6.92 Å². The number of nitrogens with one attached hydrogen (secondary N) is 1. The molecule has 2 aromatic rings. The first-order valence-corrected chi connectivity index (χ1v) is 5.32. The van der Waals surface area contributed by atoms with E-state index in [1.165, 1.54) is 12.1 Å². The third-order valence-corrected chi connectivity index (χ3v) is 2.25. The van der Waals surface area contributed by atoms with Crippen molar-refractivity contribution in [2.45, 2.75) is 13.3 Å². The molecule has 0 aliphatic heterocycles. The van der Waals surface area contributed by atoms with Gasteiger partial charge in [-0.1, -0.05) is 6.07 Å². The fourth-order valence-corrected chi connectivity index (χ4v) is 1.60. The molecule has 1 heterocycles. The maximum Gasteiger partial charge on any atom is 0.573 e. The Balaban J connectivity index is 2.52. The lowest BCUT2D eigenvalue weighted by Gasteiger charge is -2.10. The molecule has 0 spiro atoms. The normalized spacial score (nSPS) is 11.6. The highest BCUT2D eigenvalue weighted by atomic mass is 19.4. The van der Waals surface area contributed by atoms with Crippen LogP contribution in [0.1, 0.15) is 17.4 Å². The van der Waals surface area contributed by atoms with Gasteiger partial charge in [-0.3, -0.25) is 5.10 Å². The number of hydrogen-bond donors (Lipinski definition) is 1. The molecule has 0 amide bonds. The second kappa shape index (κ2) is 4.79. The Morgan fingerprint density at radius 2 is 2.16 bits per heavy atom. The molecule has 0 saturated heterocycles. The van der Waals surface area contributed by atoms with Gasteiger partial charge in [-0.05, 0) is 19.1 Å². The molecular weight excluding hydrogens is 265 g/mol. The molecule has 0 saturated carbocycles. The van der Waals surface area contributed by atoms with Gasteiger partial charge in [0.1, 0.15) is 5.75 Å². The number of aromatic amines is 1. The minimum Gasteiger partial charge on any atom is -0.461 e. The molecule has 2 rings (SSSR count). The van der Waals surface area contributed by atoms with Crippen LogP contribution in [-0.4, -0.2) is 29.1 Å². The Kier molecular flexibility index (Phi) is 3.32. The van der Waals surface area contributed by atoms with Gasteiger partial charge in [-0.15, -0.1) is 13.2 Å². The first-order valence-electron chi connectivity index (χ1n) is 5.32. The number of carbonyl (C=O) groups excluding carboxylic acids is 1. The second-order valence-corrected chi connectivity index (χ2v) is 3.52. The van der Waals surface area contributed by atoms with Gasteiger partial charge in [0.05, 0.1) is 17.5 Å². The zero-order valence-electron chi connectivity index (χ0n) is 9.75. The molecule has 5 nitrogen and oxygen atoms in total. The van der Waals surface area contributed by atoms with Gasteiger partial charge in [0.15, 0.2) is 5.69 Å². The Morgan fingerprint density at radius 3 is 2.79 bits per heavy atom. The number of aromatic nitrogens is 2. The fourth-order valence-electron chi connectivity index (χ4n) is 1.60. The molecule has 1 N–H and O–H groups in total. The Labute approximate surface area is 105 Å². The first kappa shape index (κ1) is 13.2. The van der Waals surface area contributed by atoms with Crippen molar-refractivity contribution in [1.29, 1.82) is 0 Å². The van der Waals surface area contributed by atoms with E-state index in [2.05, 4.69) is 14.9 Å². The van der Waals surface area contributed by atoms with Gasteiger partial charge in [0.25, 0.3) is 0 Å². The lowest BCUT2D eigenvalue weighted by atomic mass is 10.2. The Hall–Kier alpha value is -2.25. The van der Waals surface area contributed by atoms with Crippen molar-refractivity contribution >= 4 is 16.9 Å². The summed E-state index contributed by atoms with van der Waals surface area (Å²) in [5, 5.41) is 6.06. The van der Waals surface area contributed by atoms with Crippen LogP contribution in [0.3, 0.4) is 0 Å². The number of alkyl halides is 3. The van der Waals surface area contributed by atoms with Crippen LogP contribution >= 0.6 is 0 Å². The van der Waals surface area contributed by atoms with E-state index in [1.807, 2.05) is 0 Å². The molecule has 0 atom stereocenters. The quantitative estimate of drug-likeness (QED) is 0.874. The first-order chi connectivity index (χ1) is 8.92. The SMILES string of the molecule is CCOC(=O)c1n[nH]c2cccc(OC(F)(F)F)c12. The van der Waals surface area contributed by atoms with Gasteiger partial charge in [-0.2, -0.15) is 5.10 Å². The monoisotopic (exact) mass is 274 g/mol. The molecule has 0 radical (unpaired) electrons. The molecule has 0 aliphatic carbocycles. The van der Waals surface area contributed by atoms with Crippen LogP contribution in [0.25, 0.3) is 10.9 Å². The molecule has 0 unspecified atom stereocenters. The van der Waals surface area contributed by atoms with Crippen LogP contribution in [0.5, 0.6) is 5.75 Å². The van der Waals surface area contributed by atoms with E-state index in [4.69, 9.17) is 4.74 Å². The van der Waals surface area contributed by atoms with Gasteiger partial charge < -0.3 is 9.47 Å². The summed E-state index contributed by atoms with van der Waals surface area (Å²) in [6.07, 6.45) is -4.85. The predicted molar refractivity (Wildman–Crippen MR) is 58.7 cm³/mol. The van der Waals surface area contributed by atoms with Crippen LogP contribution in [0, 0.1) is 0 Å². The molecule has 19 heavy (non-hydrogen) atoms. The lowest BCUT2D eigenvalue weighted by Crippen LogP contribution is -2.17. The average molecular weight is 274 g/mol. The minimum atomic E-state index is -4.85. The molecule has 8 heteroatoms. The van der Waals surface area contributed by atoms with Crippen LogP contribution in [-0.2, 0) is 4.74 Å². The minimum absolute atomic E-state index is 0.0572. The molecular formula is C11H9F3N2O3. The summed E-state index contributed by atoms with van der Waals surface area (Å²) < 4.78 is 45.5. The highest BCUT2D eigenvalue weighted by Crippen LogP contribution is 2.32. The van der Waals surface area contributed by atoms with E-state index >= 15 is 0 Å². The van der Waals surface area contributed by atoms with Crippen molar-refractivity contribution in [3.8, 4) is 5.75 Å². The zero-order chi connectivity index (χ0) is 14.0. The summed E-state index contributed by atoms with van der Waals surface area (Å²) in [4.78, 5) is 11.6. The summed E-state index contributed by atoms with van der Waals surface area (Å²) in [7, 11) is 0. The number of ether oxygens (including phenoxy) is 2. The molecule has 1 aromatic carbocycles. The van der Waals surface area contributed by atoms with Gasteiger partial charge >= 0.3 is 12.3 Å². The van der Waals surface area contributed by atoms with Crippen molar-refractivity contribution in [1.82, 2.24) is 10.2 Å². The maximum absolute atomic E-state index is 12.3. The Morgan fingerprint density at radius 1 is 1.42 bits per heavy atom. The fraction of sp³-hybridized carbons (Fsp3) is 0.273. The molecule has 102 valence electrons. The van der Waals surface area contributed by atoms with Crippen molar-refractivity contribution < 1.29 is 27.4 Å². The summed E-state index contributed by atoms with van der Waals surface area (Å²) in [6, 6.07) is 3.94. The molecule has 0 bridgehead atoms. The van der Waals surface area contributed by atoms with Crippen molar-refractivity contribution in [3.63, 3.8) is 0 Å². The number of esters is 1. The van der Waals surface area contributed by atoms with Gasteiger partial charge in [-0.25, -0.2) is 4.79 Å². The maximum atomic E-state index is 12.3. The summed E-state index contributed by atoms with van der Waals surface area (Å²) in [5.74, 6) is -1.31. The third kappa shape index (κ3) is 2.78. The van der Waals surface area contributed by atoms with E-state index in [0.717, 1.165) is 6.07 Å². The van der Waals surface area contributed by atoms with Crippen molar-refractivity contribution in [2.75, 3.05) is 6.61 Å². The van der Waals surface area contributed by atoms with E-state index < -0.39 is 18.1 Å². The summed E-state index contributed by atoms with van der Waals surface area (Å²) in [6.45, 7) is 1.68. The second-order valence-electron chi connectivity index (χ2n) is 3.52. The smallest absolute Gasteiger partial charge is 0.461 e. The molecule has 0 fully saturated rings. The average Bonchev–Trinajstić information content (AvgIpc) is 2.72. The number of H-pyrrole nitrogens is 1. The lowest BCUT2D eigenvalue weighted by molar-refractivity contribution is -0.274. The molecule has 1 aromatic heterocycles. The largest absolute Gasteiger partial charge is 0.573 e. The zero-order valence-corrected chi connectivity index (χ0v) is 9.75. The molecule has 0 aliphatic rings. The number of carbonyl (C=O) groups is 1. The standard InChI is InChI=1S/C11H9F3N2O3/c1-2-18-10(17)9-8-6(15-16-9)4-3-5-7(8)19-11(12,13)14/h3-5H,2H2,1H3,(H,15,16). The van der Waals surface area contributed by atoms with Gasteiger partial charge in [0, 0.05) is 0 Å². The van der Waals surface area contributed by atoms with E-state index in [9.17, 15) is 18.0 Å². The van der Waals surface area contributed by atoms with Gasteiger partial charge in [0.2, 0.25) is 0 Å².